The van der Waals surface area contributed by atoms with E-state index in [1.807, 2.05) is 49.4 Å². The van der Waals surface area contributed by atoms with Crippen LogP contribution in [0.3, 0.4) is 0 Å². The summed E-state index contributed by atoms with van der Waals surface area (Å²) in [4.78, 5) is 29.8. The highest BCUT2D eigenvalue weighted by Gasteiger charge is 2.38. The minimum Gasteiger partial charge on any atom is -0.475 e. The number of rotatable bonds is 6. The Kier molecular flexibility index (Phi) is 8.12. The molecule has 194 valence electrons. The van der Waals surface area contributed by atoms with Crippen molar-refractivity contribution in [3.63, 3.8) is 0 Å². The van der Waals surface area contributed by atoms with E-state index in [9.17, 15) is 18.0 Å². The highest BCUT2D eigenvalue weighted by molar-refractivity contribution is 5.81. The zero-order valence-electron chi connectivity index (χ0n) is 19.9. The molecule has 11 nitrogen and oxygen atoms in total. The Morgan fingerprint density at radius 2 is 1.65 bits per heavy atom. The molecule has 0 amide bonds. The van der Waals surface area contributed by atoms with Crippen molar-refractivity contribution in [2.45, 2.75) is 13.1 Å². The van der Waals surface area contributed by atoms with Crippen molar-refractivity contribution in [2.75, 3.05) is 16.1 Å². The van der Waals surface area contributed by atoms with Crippen LogP contribution in [-0.2, 0) is 18.9 Å². The van der Waals surface area contributed by atoms with Crippen LogP contribution in [0.2, 0.25) is 0 Å². The summed E-state index contributed by atoms with van der Waals surface area (Å²) in [5.41, 5.74) is 7.12. The smallest absolute Gasteiger partial charge is 0.475 e. The van der Waals surface area contributed by atoms with Gasteiger partial charge in [0, 0.05) is 37.9 Å². The van der Waals surface area contributed by atoms with Crippen molar-refractivity contribution in [3.8, 4) is 0 Å². The van der Waals surface area contributed by atoms with E-state index in [0.29, 0.717) is 11.8 Å². The summed E-state index contributed by atoms with van der Waals surface area (Å²) in [7, 11) is 3.51. The molecule has 4 rings (SSSR count). The van der Waals surface area contributed by atoms with Crippen LogP contribution in [0.4, 0.5) is 42.0 Å². The number of hydrogen-bond donors (Lipinski definition) is 4. The van der Waals surface area contributed by atoms with Crippen molar-refractivity contribution in [1.82, 2.24) is 19.1 Å². The Balaban J connectivity index is 0.000000479. The lowest BCUT2D eigenvalue weighted by atomic mass is 10.2. The van der Waals surface area contributed by atoms with Crippen molar-refractivity contribution in [3.05, 3.63) is 65.2 Å². The molecule has 0 aliphatic rings. The van der Waals surface area contributed by atoms with Gasteiger partial charge in [-0.3, -0.25) is 14.6 Å². The van der Waals surface area contributed by atoms with E-state index in [4.69, 9.17) is 9.90 Å². The minimum atomic E-state index is -5.08. The van der Waals surface area contributed by atoms with Gasteiger partial charge in [0.25, 0.3) is 0 Å². The maximum atomic E-state index is 12.1. The Hall–Kier alpha value is -4.88. The largest absolute Gasteiger partial charge is 0.490 e. The molecule has 0 spiro atoms. The monoisotopic (exact) mass is 516 g/mol. The quantitative estimate of drug-likeness (QED) is 0.221. The number of carbonyl (C=O) groups is 1. The predicted molar refractivity (Wildman–Crippen MR) is 135 cm³/mol. The molecule has 2 aromatic heterocycles. The van der Waals surface area contributed by atoms with Crippen molar-refractivity contribution >= 4 is 52.0 Å². The number of halogens is 3. The number of carboxylic acids is 1. The number of hydrazone groups is 1. The van der Waals surface area contributed by atoms with Crippen molar-refractivity contribution < 1.29 is 23.1 Å². The third-order valence-electron chi connectivity index (χ3n) is 4.88. The second kappa shape index (κ2) is 11.2. The molecular weight excluding hydrogens is 493 g/mol. The van der Waals surface area contributed by atoms with Gasteiger partial charge >= 0.3 is 17.8 Å². The average Bonchev–Trinajstić information content (AvgIpc) is 3.06. The van der Waals surface area contributed by atoms with Gasteiger partial charge in [-0.25, -0.2) is 14.6 Å². The number of aromatic nitrogens is 4. The van der Waals surface area contributed by atoms with Gasteiger partial charge in [-0.1, -0.05) is 6.07 Å². The number of alkyl halides is 3. The van der Waals surface area contributed by atoms with Crippen molar-refractivity contribution in [2.24, 2.45) is 19.2 Å². The van der Waals surface area contributed by atoms with Crippen LogP contribution >= 0.6 is 0 Å². The fourth-order valence-corrected chi connectivity index (χ4v) is 3.16. The number of hydrogen-bond acceptors (Lipinski definition) is 8. The van der Waals surface area contributed by atoms with Gasteiger partial charge in [-0.05, 0) is 49.4 Å². The molecule has 0 atom stereocenters. The fraction of sp³-hybridized carbons (Fsp3) is 0.174. The summed E-state index contributed by atoms with van der Waals surface area (Å²) in [6, 6.07) is 15.2. The van der Waals surface area contributed by atoms with Crippen LogP contribution in [0.5, 0.6) is 0 Å². The summed E-state index contributed by atoms with van der Waals surface area (Å²) < 4.78 is 35.0. The molecule has 0 saturated heterocycles. The maximum Gasteiger partial charge on any atom is 0.490 e. The minimum absolute atomic E-state index is 0.0639. The maximum absolute atomic E-state index is 12.1. The first-order valence-corrected chi connectivity index (χ1v) is 10.7. The molecular formula is C23H23F3N8O3. The lowest BCUT2D eigenvalue weighted by Gasteiger charge is -2.10. The fourth-order valence-electron chi connectivity index (χ4n) is 3.16. The van der Waals surface area contributed by atoms with Gasteiger partial charge in [0.15, 0.2) is 0 Å². The molecule has 0 radical (unpaired) electrons. The second-order valence-electron chi connectivity index (χ2n) is 7.50. The highest BCUT2D eigenvalue weighted by atomic mass is 19.4. The third kappa shape index (κ3) is 6.84. The van der Waals surface area contributed by atoms with E-state index >= 15 is 0 Å². The first kappa shape index (κ1) is 26.7. The van der Waals surface area contributed by atoms with Crippen LogP contribution in [0.1, 0.15) is 6.92 Å². The lowest BCUT2D eigenvalue weighted by Crippen LogP contribution is -2.21. The van der Waals surface area contributed by atoms with E-state index in [-0.39, 0.29) is 5.69 Å². The van der Waals surface area contributed by atoms with Gasteiger partial charge in [0.05, 0.1) is 16.7 Å². The zero-order valence-corrected chi connectivity index (χ0v) is 19.9. The number of nitrogens with zero attached hydrogens (tertiary/aromatic N) is 5. The Morgan fingerprint density at radius 3 is 2.32 bits per heavy atom. The Morgan fingerprint density at radius 1 is 1.00 bits per heavy atom. The molecule has 4 N–H and O–H groups in total. The molecule has 0 aliphatic carbocycles. The molecule has 14 heteroatoms. The number of aryl methyl sites for hydroxylation is 2. The molecule has 2 aromatic carbocycles. The molecule has 0 unspecified atom stereocenters. The van der Waals surface area contributed by atoms with Crippen LogP contribution in [0.25, 0.3) is 11.0 Å². The zero-order chi connectivity index (χ0) is 27.2. The number of aliphatic carboxylic acids is 1. The normalized spacial score (nSPS) is 11.2. The number of carboxylic acid groups (broad SMARTS) is 1. The number of fused-ring (bicyclic) bond motifs is 1. The number of imidazole rings is 1. The highest BCUT2D eigenvalue weighted by Crippen LogP contribution is 2.22. The molecule has 2 heterocycles. The SMILES string of the molecule is C/C=N\Nc1cccc(Nc2ccnc(Nc3ccc4c(c3)n(C)c(=O)n4C)n2)c1.O=C(O)C(F)(F)F. The predicted octanol–water partition coefficient (Wildman–Crippen LogP) is 4.21. The summed E-state index contributed by atoms with van der Waals surface area (Å²) >= 11 is 0. The number of benzene rings is 2. The van der Waals surface area contributed by atoms with E-state index in [1.54, 1.807) is 41.7 Å². The molecule has 4 aromatic rings. The summed E-state index contributed by atoms with van der Waals surface area (Å²) in [6.07, 6.45) is -1.72. The van der Waals surface area contributed by atoms with E-state index in [2.05, 4.69) is 31.1 Å². The molecule has 0 fully saturated rings. The molecule has 37 heavy (non-hydrogen) atoms. The van der Waals surface area contributed by atoms with Crippen LogP contribution in [0.15, 0.2) is 64.6 Å². The van der Waals surface area contributed by atoms with Gasteiger partial charge < -0.3 is 15.7 Å². The summed E-state index contributed by atoms with van der Waals surface area (Å²) in [5, 5.41) is 17.6. The van der Waals surface area contributed by atoms with Crippen LogP contribution in [-0.4, -0.2) is 42.6 Å². The third-order valence-corrected chi connectivity index (χ3v) is 4.88. The Labute approximate surface area is 208 Å². The van der Waals surface area contributed by atoms with E-state index in [0.717, 1.165) is 28.1 Å². The van der Waals surface area contributed by atoms with Gasteiger partial charge in [-0.2, -0.15) is 23.3 Å². The summed E-state index contributed by atoms with van der Waals surface area (Å²) in [6.45, 7) is 1.85. The van der Waals surface area contributed by atoms with E-state index < -0.39 is 12.1 Å². The standard InChI is InChI=1S/C21H22N8O.C2HF3O2/c1-4-23-27-16-7-5-6-14(12-16)24-19-10-11-22-20(26-19)25-15-8-9-17-18(13-15)29(3)21(30)28(17)2;3-2(4,5)1(6)7/h4-13,27H,1-3H3,(H2,22,24,25,26);(H,6,7)/b23-4-;. The molecule has 0 saturated carbocycles. The van der Waals surface area contributed by atoms with Gasteiger partial charge in [0.2, 0.25) is 5.95 Å². The van der Waals surface area contributed by atoms with Crippen molar-refractivity contribution in [1.29, 1.82) is 0 Å². The van der Waals surface area contributed by atoms with Crippen LogP contribution in [0, 0.1) is 0 Å². The topological polar surface area (TPSA) is 138 Å². The van der Waals surface area contributed by atoms with E-state index in [1.165, 1.54) is 0 Å². The first-order valence-electron chi connectivity index (χ1n) is 10.7. The summed E-state index contributed by atoms with van der Waals surface area (Å²) in [5.74, 6) is -1.66. The number of anilines is 5. The average molecular weight is 516 g/mol. The first-order chi connectivity index (χ1) is 17.5. The molecule has 0 bridgehead atoms. The molecule has 0 aliphatic heterocycles. The lowest BCUT2D eigenvalue weighted by molar-refractivity contribution is -0.192. The number of nitrogens with one attached hydrogen (secondary N) is 3. The Bertz CT molecular complexity index is 1490. The van der Waals surface area contributed by atoms with Gasteiger partial charge in [0.1, 0.15) is 5.82 Å². The second-order valence-corrected chi connectivity index (χ2v) is 7.50. The van der Waals surface area contributed by atoms with Gasteiger partial charge in [-0.15, -0.1) is 0 Å². The van der Waals surface area contributed by atoms with Crippen LogP contribution < -0.4 is 21.7 Å².